The van der Waals surface area contributed by atoms with Gasteiger partial charge in [0.1, 0.15) is 0 Å². The van der Waals surface area contributed by atoms with Crippen molar-refractivity contribution in [2.75, 3.05) is 6.54 Å². The Labute approximate surface area is 117 Å². The molecule has 3 nitrogen and oxygen atoms in total. The zero-order chi connectivity index (χ0) is 13.1. The van der Waals surface area contributed by atoms with Crippen molar-refractivity contribution in [3.63, 3.8) is 0 Å². The summed E-state index contributed by atoms with van der Waals surface area (Å²) in [5.41, 5.74) is 2.28. The quantitative estimate of drug-likeness (QED) is 0.912. The molecule has 0 aliphatic rings. The Balaban J connectivity index is 2.20. The van der Waals surface area contributed by atoms with E-state index in [2.05, 4.69) is 29.5 Å². The van der Waals surface area contributed by atoms with Crippen molar-refractivity contribution >= 4 is 22.9 Å². The molecule has 18 heavy (non-hydrogen) atoms. The molecule has 2 aromatic rings. The lowest BCUT2D eigenvalue weighted by atomic mass is 10.1. The summed E-state index contributed by atoms with van der Waals surface area (Å²) >= 11 is 7.63. The van der Waals surface area contributed by atoms with Crippen LogP contribution in [0, 0.1) is 6.92 Å². The van der Waals surface area contributed by atoms with E-state index in [-0.39, 0.29) is 6.04 Å². The summed E-state index contributed by atoms with van der Waals surface area (Å²) in [6.45, 7) is 5.08. The third-order valence-corrected chi connectivity index (χ3v) is 4.13. The molecular weight excluding hydrogens is 266 g/mol. The molecule has 0 saturated carbocycles. The smallest absolute Gasteiger partial charge is 0.0931 e. The van der Waals surface area contributed by atoms with Gasteiger partial charge in [-0.25, -0.2) is 0 Å². The number of aromatic nitrogens is 2. The second-order valence-corrected chi connectivity index (χ2v) is 6.15. The molecule has 0 aromatic carbocycles. The summed E-state index contributed by atoms with van der Waals surface area (Å²) in [6, 6.07) is 6.48. The first-order valence-electron chi connectivity index (χ1n) is 6.08. The molecular formula is C13H18ClN3S. The van der Waals surface area contributed by atoms with Crippen LogP contribution in [0.2, 0.25) is 4.34 Å². The van der Waals surface area contributed by atoms with Crippen molar-refractivity contribution in [1.82, 2.24) is 15.1 Å². The second-order valence-electron chi connectivity index (χ2n) is 4.35. The van der Waals surface area contributed by atoms with Gasteiger partial charge >= 0.3 is 0 Å². The van der Waals surface area contributed by atoms with Gasteiger partial charge in [-0.05, 0) is 31.7 Å². The number of likely N-dealkylation sites (N-methyl/N-ethyl adjacent to an activating group) is 1. The summed E-state index contributed by atoms with van der Waals surface area (Å²) in [4.78, 5) is 1.30. The number of halogens is 1. The van der Waals surface area contributed by atoms with Crippen LogP contribution in [0.15, 0.2) is 18.2 Å². The van der Waals surface area contributed by atoms with Gasteiger partial charge in [0.15, 0.2) is 0 Å². The van der Waals surface area contributed by atoms with Crippen molar-refractivity contribution in [2.24, 2.45) is 7.05 Å². The third kappa shape index (κ3) is 3.13. The van der Waals surface area contributed by atoms with E-state index in [1.807, 2.05) is 24.7 Å². The Bertz CT molecular complexity index is 518. The van der Waals surface area contributed by atoms with Gasteiger partial charge in [0.05, 0.1) is 21.8 Å². The highest BCUT2D eigenvalue weighted by Gasteiger charge is 2.16. The van der Waals surface area contributed by atoms with Crippen molar-refractivity contribution in [3.8, 4) is 0 Å². The molecule has 0 aliphatic carbocycles. The van der Waals surface area contributed by atoms with Crippen molar-refractivity contribution in [2.45, 2.75) is 26.3 Å². The second kappa shape index (κ2) is 5.87. The maximum Gasteiger partial charge on any atom is 0.0931 e. The number of nitrogens with zero attached hydrogens (tertiary/aromatic N) is 2. The lowest BCUT2D eigenvalue weighted by Gasteiger charge is -2.17. The van der Waals surface area contributed by atoms with Gasteiger partial charge in [-0.2, -0.15) is 5.10 Å². The van der Waals surface area contributed by atoms with Crippen LogP contribution in [-0.2, 0) is 13.5 Å². The number of nitrogens with one attached hydrogen (secondary N) is 1. The van der Waals surface area contributed by atoms with Gasteiger partial charge in [-0.1, -0.05) is 18.5 Å². The summed E-state index contributed by atoms with van der Waals surface area (Å²) < 4.78 is 2.80. The first kappa shape index (κ1) is 13.6. The van der Waals surface area contributed by atoms with E-state index in [4.69, 9.17) is 11.6 Å². The minimum atomic E-state index is 0.288. The van der Waals surface area contributed by atoms with Gasteiger partial charge in [0.2, 0.25) is 0 Å². The molecule has 1 unspecified atom stereocenters. The number of thiophene rings is 1. The van der Waals surface area contributed by atoms with Crippen LogP contribution in [0.4, 0.5) is 0 Å². The highest BCUT2D eigenvalue weighted by atomic mass is 35.5. The van der Waals surface area contributed by atoms with Gasteiger partial charge < -0.3 is 5.32 Å². The maximum absolute atomic E-state index is 5.98. The van der Waals surface area contributed by atoms with Crippen LogP contribution in [0.1, 0.15) is 29.2 Å². The summed E-state index contributed by atoms with van der Waals surface area (Å²) in [7, 11) is 1.99. The summed E-state index contributed by atoms with van der Waals surface area (Å²) in [5, 5.41) is 7.93. The zero-order valence-corrected chi connectivity index (χ0v) is 12.5. The molecule has 0 saturated heterocycles. The molecule has 0 fully saturated rings. The van der Waals surface area contributed by atoms with Gasteiger partial charge in [-0.3, -0.25) is 4.68 Å². The van der Waals surface area contributed by atoms with Crippen LogP contribution in [-0.4, -0.2) is 16.3 Å². The molecule has 2 heterocycles. The molecule has 2 rings (SSSR count). The maximum atomic E-state index is 5.98. The van der Waals surface area contributed by atoms with E-state index in [0.29, 0.717) is 0 Å². The Morgan fingerprint density at radius 3 is 2.78 bits per heavy atom. The van der Waals surface area contributed by atoms with E-state index in [9.17, 15) is 0 Å². The molecule has 0 spiro atoms. The fourth-order valence-electron chi connectivity index (χ4n) is 2.15. The Kier molecular flexibility index (Phi) is 4.43. The summed E-state index contributed by atoms with van der Waals surface area (Å²) in [5.74, 6) is 0. The van der Waals surface area contributed by atoms with Gasteiger partial charge in [-0.15, -0.1) is 11.3 Å². The third-order valence-electron chi connectivity index (χ3n) is 2.88. The predicted octanol–water partition coefficient (Wildman–Crippen LogP) is 3.34. The largest absolute Gasteiger partial charge is 0.309 e. The molecule has 0 aliphatic heterocycles. The highest BCUT2D eigenvalue weighted by Crippen LogP contribution is 2.26. The number of hydrogen-bond acceptors (Lipinski definition) is 3. The Morgan fingerprint density at radius 1 is 1.50 bits per heavy atom. The molecule has 1 N–H and O–H groups in total. The van der Waals surface area contributed by atoms with Crippen molar-refractivity contribution in [3.05, 3.63) is 38.8 Å². The van der Waals surface area contributed by atoms with E-state index in [0.717, 1.165) is 23.0 Å². The molecule has 0 amide bonds. The fraction of sp³-hybridized carbons (Fsp3) is 0.462. The average molecular weight is 284 g/mol. The minimum Gasteiger partial charge on any atom is -0.309 e. The topological polar surface area (TPSA) is 29.9 Å². The molecule has 2 aromatic heterocycles. The van der Waals surface area contributed by atoms with Crippen molar-refractivity contribution < 1.29 is 0 Å². The Morgan fingerprint density at radius 2 is 2.28 bits per heavy atom. The fourth-order valence-corrected chi connectivity index (χ4v) is 3.28. The Hall–Kier alpha value is -0.840. The van der Waals surface area contributed by atoms with Crippen LogP contribution in [0.25, 0.3) is 0 Å². The molecule has 1 atom stereocenters. The van der Waals surface area contributed by atoms with E-state index in [1.54, 1.807) is 11.3 Å². The van der Waals surface area contributed by atoms with E-state index >= 15 is 0 Å². The zero-order valence-electron chi connectivity index (χ0n) is 10.9. The van der Waals surface area contributed by atoms with Gasteiger partial charge in [0, 0.05) is 18.3 Å². The minimum absolute atomic E-state index is 0.288. The number of hydrogen-bond donors (Lipinski definition) is 1. The average Bonchev–Trinajstić information content (AvgIpc) is 2.84. The standard InChI is InChI=1S/C13H18ClN3S/c1-4-15-11(8-10-5-6-13(14)18-10)12-7-9(2)16-17(12)3/h5-7,11,15H,4,8H2,1-3H3. The number of aryl methyl sites for hydroxylation is 2. The van der Waals surface area contributed by atoms with Crippen molar-refractivity contribution in [1.29, 1.82) is 0 Å². The van der Waals surface area contributed by atoms with E-state index < -0.39 is 0 Å². The van der Waals surface area contributed by atoms with Gasteiger partial charge in [0.25, 0.3) is 0 Å². The SMILES string of the molecule is CCNC(Cc1ccc(Cl)s1)c1cc(C)nn1C. The van der Waals surface area contributed by atoms with E-state index in [1.165, 1.54) is 10.6 Å². The lowest BCUT2D eigenvalue weighted by Crippen LogP contribution is -2.24. The molecule has 98 valence electrons. The first-order chi connectivity index (χ1) is 8.60. The monoisotopic (exact) mass is 283 g/mol. The van der Waals surface area contributed by atoms with Crippen LogP contribution >= 0.6 is 22.9 Å². The molecule has 5 heteroatoms. The predicted molar refractivity (Wildman–Crippen MR) is 77.4 cm³/mol. The highest BCUT2D eigenvalue weighted by molar-refractivity contribution is 7.16. The van der Waals surface area contributed by atoms with Crippen LogP contribution in [0.5, 0.6) is 0 Å². The molecule has 0 radical (unpaired) electrons. The lowest BCUT2D eigenvalue weighted by molar-refractivity contribution is 0.510. The number of rotatable bonds is 5. The summed E-state index contributed by atoms with van der Waals surface area (Å²) in [6.07, 6.45) is 0.949. The first-order valence-corrected chi connectivity index (χ1v) is 7.27. The molecule has 0 bridgehead atoms. The van der Waals surface area contributed by atoms with Crippen LogP contribution in [0.3, 0.4) is 0 Å². The normalized spacial score (nSPS) is 12.9. The van der Waals surface area contributed by atoms with Crippen LogP contribution < -0.4 is 5.32 Å².